The number of piperidine rings is 1. The van der Waals surface area contributed by atoms with E-state index in [9.17, 15) is 19.2 Å². The quantitative estimate of drug-likeness (QED) is 0.777. The van der Waals surface area contributed by atoms with E-state index in [1.165, 1.54) is 0 Å². The first-order valence-corrected chi connectivity index (χ1v) is 10.6. The van der Waals surface area contributed by atoms with Crippen LogP contribution in [0.3, 0.4) is 0 Å². The Balaban J connectivity index is 1.71. The van der Waals surface area contributed by atoms with Gasteiger partial charge >= 0.3 is 5.69 Å². The van der Waals surface area contributed by atoms with Gasteiger partial charge in [0.25, 0.3) is 11.5 Å². The summed E-state index contributed by atoms with van der Waals surface area (Å²) in [6.07, 6.45) is 1.24. The van der Waals surface area contributed by atoms with E-state index >= 15 is 0 Å². The molecule has 1 atom stereocenters. The number of rotatable bonds is 5. The molecule has 0 radical (unpaired) electrons. The molecule has 30 heavy (non-hydrogen) atoms. The van der Waals surface area contributed by atoms with Gasteiger partial charge in [0.05, 0.1) is 10.9 Å². The fourth-order valence-electron chi connectivity index (χ4n) is 3.71. The first-order valence-electron chi connectivity index (χ1n) is 10.6. The standard InChI is InChI=1S/C22H30N4O4/c1-5-26-21(29)17-7-6-16(12-18(17)24-22(26)30)20(28)25-10-8-15(9-11-25)19(27)23-14(4)13(2)3/h6-7,12-15H,5,8-11H2,1-4H3,(H,23,27)(H,24,30)/t14-/m0/s1. The van der Waals surface area contributed by atoms with Crippen LogP contribution in [-0.2, 0) is 11.3 Å². The molecule has 2 amide bonds. The van der Waals surface area contributed by atoms with E-state index in [-0.39, 0.29) is 35.9 Å². The third-order valence-corrected chi connectivity index (χ3v) is 6.07. The van der Waals surface area contributed by atoms with Gasteiger partial charge in [0.15, 0.2) is 0 Å². The van der Waals surface area contributed by atoms with Crippen LogP contribution in [0.1, 0.15) is 50.9 Å². The van der Waals surface area contributed by atoms with E-state index in [1.54, 1.807) is 30.0 Å². The van der Waals surface area contributed by atoms with Crippen LogP contribution in [0.4, 0.5) is 0 Å². The molecule has 162 valence electrons. The largest absolute Gasteiger partial charge is 0.353 e. The summed E-state index contributed by atoms with van der Waals surface area (Å²) in [5.74, 6) is 0.178. The van der Waals surface area contributed by atoms with Crippen molar-refractivity contribution in [3.63, 3.8) is 0 Å². The number of nitrogens with one attached hydrogen (secondary N) is 2. The molecule has 2 aromatic rings. The first kappa shape index (κ1) is 21.8. The lowest BCUT2D eigenvalue weighted by Crippen LogP contribution is -2.45. The van der Waals surface area contributed by atoms with E-state index in [4.69, 9.17) is 0 Å². The summed E-state index contributed by atoms with van der Waals surface area (Å²) in [6, 6.07) is 4.88. The van der Waals surface area contributed by atoms with Gasteiger partial charge < -0.3 is 15.2 Å². The fraction of sp³-hybridized carbons (Fsp3) is 0.545. The summed E-state index contributed by atoms with van der Waals surface area (Å²) in [6.45, 7) is 9.15. The Bertz CT molecular complexity index is 1060. The van der Waals surface area contributed by atoms with E-state index in [1.807, 2.05) is 6.92 Å². The summed E-state index contributed by atoms with van der Waals surface area (Å²) < 4.78 is 1.12. The van der Waals surface area contributed by atoms with E-state index in [2.05, 4.69) is 24.1 Å². The maximum absolute atomic E-state index is 12.9. The summed E-state index contributed by atoms with van der Waals surface area (Å²) >= 11 is 0. The molecule has 0 spiro atoms. The molecule has 0 unspecified atom stereocenters. The number of nitrogens with zero attached hydrogens (tertiary/aromatic N) is 2. The summed E-state index contributed by atoms with van der Waals surface area (Å²) in [5, 5.41) is 3.43. The number of hydrogen-bond acceptors (Lipinski definition) is 4. The number of H-pyrrole nitrogens is 1. The van der Waals surface area contributed by atoms with Crippen molar-refractivity contribution in [2.24, 2.45) is 11.8 Å². The van der Waals surface area contributed by atoms with Gasteiger partial charge in [-0.3, -0.25) is 19.0 Å². The highest BCUT2D eigenvalue weighted by atomic mass is 16.2. The molecule has 8 heteroatoms. The monoisotopic (exact) mass is 414 g/mol. The van der Waals surface area contributed by atoms with Crippen molar-refractivity contribution in [1.82, 2.24) is 19.8 Å². The molecule has 0 bridgehead atoms. The summed E-state index contributed by atoms with van der Waals surface area (Å²) in [4.78, 5) is 54.2. The molecule has 2 heterocycles. The van der Waals surface area contributed by atoms with Crippen molar-refractivity contribution in [1.29, 1.82) is 0 Å². The normalized spacial score (nSPS) is 16.1. The lowest BCUT2D eigenvalue weighted by Gasteiger charge is -2.32. The van der Waals surface area contributed by atoms with Gasteiger partial charge in [0.1, 0.15) is 0 Å². The maximum Gasteiger partial charge on any atom is 0.328 e. The van der Waals surface area contributed by atoms with Gasteiger partial charge in [0.2, 0.25) is 5.91 Å². The molecule has 1 aromatic carbocycles. The zero-order valence-corrected chi connectivity index (χ0v) is 18.0. The lowest BCUT2D eigenvalue weighted by molar-refractivity contribution is -0.127. The van der Waals surface area contributed by atoms with Gasteiger partial charge in [-0.15, -0.1) is 0 Å². The zero-order valence-electron chi connectivity index (χ0n) is 18.0. The van der Waals surface area contributed by atoms with Crippen LogP contribution in [0, 0.1) is 11.8 Å². The van der Waals surface area contributed by atoms with Crippen LogP contribution in [0.15, 0.2) is 27.8 Å². The number of aromatic amines is 1. The highest BCUT2D eigenvalue weighted by Crippen LogP contribution is 2.21. The van der Waals surface area contributed by atoms with Crippen molar-refractivity contribution in [2.45, 2.75) is 53.1 Å². The maximum atomic E-state index is 12.9. The van der Waals surface area contributed by atoms with Crippen molar-refractivity contribution in [3.05, 3.63) is 44.6 Å². The number of benzene rings is 1. The van der Waals surface area contributed by atoms with Crippen molar-refractivity contribution >= 4 is 22.7 Å². The second-order valence-corrected chi connectivity index (χ2v) is 8.35. The second kappa shape index (κ2) is 8.85. The smallest absolute Gasteiger partial charge is 0.328 e. The third-order valence-electron chi connectivity index (χ3n) is 6.07. The molecule has 0 saturated carbocycles. The Labute approximate surface area is 175 Å². The minimum absolute atomic E-state index is 0.0544. The molecule has 1 aromatic heterocycles. The summed E-state index contributed by atoms with van der Waals surface area (Å²) in [5.41, 5.74) is -0.0691. The Morgan fingerprint density at radius 3 is 2.43 bits per heavy atom. The van der Waals surface area contributed by atoms with Gasteiger partial charge in [-0.25, -0.2) is 4.79 Å². The number of aromatic nitrogens is 2. The molecule has 1 fully saturated rings. The number of amides is 2. The van der Waals surface area contributed by atoms with E-state index in [0.717, 1.165) is 4.57 Å². The lowest BCUT2D eigenvalue weighted by atomic mass is 9.94. The molecular weight excluding hydrogens is 384 g/mol. The molecular formula is C22H30N4O4. The molecule has 1 aliphatic rings. The Kier molecular flexibility index (Phi) is 6.43. The van der Waals surface area contributed by atoms with E-state index in [0.29, 0.717) is 48.3 Å². The molecule has 8 nitrogen and oxygen atoms in total. The number of fused-ring (bicyclic) bond motifs is 1. The zero-order chi connectivity index (χ0) is 22.0. The second-order valence-electron chi connectivity index (χ2n) is 8.35. The minimum atomic E-state index is -0.484. The highest BCUT2D eigenvalue weighted by Gasteiger charge is 2.29. The molecule has 2 N–H and O–H groups in total. The fourth-order valence-corrected chi connectivity index (χ4v) is 3.71. The molecule has 0 aliphatic carbocycles. The van der Waals surface area contributed by atoms with Gasteiger partial charge in [-0.05, 0) is 50.8 Å². The van der Waals surface area contributed by atoms with E-state index < -0.39 is 5.69 Å². The number of likely N-dealkylation sites (tertiary alicyclic amines) is 1. The average Bonchev–Trinajstić information content (AvgIpc) is 2.73. The third kappa shape index (κ3) is 4.32. The number of carbonyl (C=O) groups is 2. The van der Waals surface area contributed by atoms with Crippen LogP contribution in [0.25, 0.3) is 10.9 Å². The molecule has 3 rings (SSSR count). The Morgan fingerprint density at radius 1 is 1.17 bits per heavy atom. The van der Waals surface area contributed by atoms with Gasteiger partial charge in [-0.1, -0.05) is 13.8 Å². The first-order chi connectivity index (χ1) is 14.2. The average molecular weight is 415 g/mol. The minimum Gasteiger partial charge on any atom is -0.353 e. The van der Waals surface area contributed by atoms with Gasteiger partial charge in [-0.2, -0.15) is 0 Å². The highest BCUT2D eigenvalue weighted by molar-refractivity contribution is 5.97. The summed E-state index contributed by atoms with van der Waals surface area (Å²) in [7, 11) is 0. The van der Waals surface area contributed by atoms with Crippen LogP contribution >= 0.6 is 0 Å². The van der Waals surface area contributed by atoms with Crippen LogP contribution in [0.5, 0.6) is 0 Å². The number of hydrogen-bond donors (Lipinski definition) is 2. The predicted molar refractivity (Wildman–Crippen MR) is 116 cm³/mol. The SMILES string of the molecule is CCn1c(=O)[nH]c2cc(C(=O)N3CCC(C(=O)N[C@@H](C)C(C)C)CC3)ccc2c1=O. The predicted octanol–water partition coefficient (Wildman–Crippen LogP) is 1.72. The molecule has 1 saturated heterocycles. The number of carbonyl (C=O) groups excluding carboxylic acids is 2. The molecule has 1 aliphatic heterocycles. The van der Waals surface area contributed by atoms with Crippen LogP contribution in [0.2, 0.25) is 0 Å². The van der Waals surface area contributed by atoms with Crippen molar-refractivity contribution < 1.29 is 9.59 Å². The van der Waals surface area contributed by atoms with Crippen molar-refractivity contribution in [3.8, 4) is 0 Å². The van der Waals surface area contributed by atoms with Crippen LogP contribution in [-0.4, -0.2) is 45.4 Å². The van der Waals surface area contributed by atoms with Gasteiger partial charge in [0, 0.05) is 37.2 Å². The Morgan fingerprint density at radius 2 is 1.83 bits per heavy atom. The van der Waals surface area contributed by atoms with Crippen molar-refractivity contribution in [2.75, 3.05) is 13.1 Å². The Hall–Kier alpha value is -2.90. The topological polar surface area (TPSA) is 104 Å². The van der Waals surface area contributed by atoms with Crippen LogP contribution < -0.4 is 16.6 Å².